The van der Waals surface area contributed by atoms with E-state index in [0.29, 0.717) is 23.7 Å². The minimum absolute atomic E-state index is 0.391. The first-order valence-electron chi connectivity index (χ1n) is 11.8. The maximum Gasteiger partial charge on any atom is 0.345 e. The van der Waals surface area contributed by atoms with Gasteiger partial charge in [0.2, 0.25) is 0 Å². The highest BCUT2D eigenvalue weighted by atomic mass is 16.4. The largest absolute Gasteiger partial charge is 0.506 e. The average molecular weight is 452 g/mol. The highest BCUT2D eigenvalue weighted by Crippen LogP contribution is 2.32. The van der Waals surface area contributed by atoms with Gasteiger partial charge < -0.3 is 19.8 Å². The monoisotopic (exact) mass is 451 g/mol. The van der Waals surface area contributed by atoms with E-state index >= 15 is 0 Å². The Morgan fingerprint density at radius 3 is 2.52 bits per heavy atom. The molecular formula is C26H33N3O4. The maximum atomic E-state index is 12.4. The molecule has 2 aromatic heterocycles. The summed E-state index contributed by atoms with van der Waals surface area (Å²) in [7, 11) is 4.29. The topological polar surface area (TPSA) is 98.6 Å². The Morgan fingerprint density at radius 2 is 1.88 bits per heavy atom. The molecule has 0 unspecified atom stereocenters. The number of aromatic amines is 1. The van der Waals surface area contributed by atoms with Gasteiger partial charge in [0.25, 0.3) is 5.56 Å². The van der Waals surface area contributed by atoms with Gasteiger partial charge in [-0.2, -0.15) is 0 Å². The SMILES string of the molecule is CCc1c(-c2ccc3c(c2)cc(CN(C)C2CCCCCC2)n3C)[nH]c(=O)c(C(=O)O)c1O. The number of benzene rings is 1. The summed E-state index contributed by atoms with van der Waals surface area (Å²) >= 11 is 0. The van der Waals surface area contributed by atoms with Crippen molar-refractivity contribution in [1.82, 2.24) is 14.5 Å². The molecule has 1 aliphatic carbocycles. The van der Waals surface area contributed by atoms with Crippen molar-refractivity contribution < 1.29 is 15.0 Å². The van der Waals surface area contributed by atoms with Gasteiger partial charge in [-0.05, 0) is 50.1 Å². The van der Waals surface area contributed by atoms with Crippen molar-refractivity contribution in [3.63, 3.8) is 0 Å². The first-order chi connectivity index (χ1) is 15.8. The Kier molecular flexibility index (Phi) is 6.61. The zero-order chi connectivity index (χ0) is 23.7. The number of hydrogen-bond donors (Lipinski definition) is 3. The highest BCUT2D eigenvalue weighted by Gasteiger charge is 2.23. The fourth-order valence-electron chi connectivity index (χ4n) is 5.21. The minimum atomic E-state index is -1.43. The zero-order valence-corrected chi connectivity index (χ0v) is 19.6. The average Bonchev–Trinajstić information content (AvgIpc) is 2.95. The number of fused-ring (bicyclic) bond motifs is 1. The van der Waals surface area contributed by atoms with Crippen LogP contribution in [0.1, 0.15) is 67.1 Å². The molecule has 1 saturated carbocycles. The number of nitrogens with one attached hydrogen (secondary N) is 1. The van der Waals surface area contributed by atoms with E-state index in [2.05, 4.69) is 34.6 Å². The number of aromatic hydroxyl groups is 1. The van der Waals surface area contributed by atoms with Crippen molar-refractivity contribution in [2.24, 2.45) is 7.05 Å². The molecule has 0 bridgehead atoms. The van der Waals surface area contributed by atoms with E-state index in [1.54, 1.807) is 0 Å². The molecule has 2 heterocycles. The lowest BCUT2D eigenvalue weighted by Gasteiger charge is -2.27. The number of carbonyl (C=O) groups is 1. The molecule has 3 aromatic rings. The van der Waals surface area contributed by atoms with E-state index in [9.17, 15) is 19.8 Å². The molecule has 0 aliphatic heterocycles. The number of carboxylic acids is 1. The Bertz CT molecular complexity index is 1230. The van der Waals surface area contributed by atoms with Crippen molar-refractivity contribution in [1.29, 1.82) is 0 Å². The third-order valence-electron chi connectivity index (χ3n) is 7.15. The fourth-order valence-corrected chi connectivity index (χ4v) is 5.21. The Morgan fingerprint density at radius 1 is 1.18 bits per heavy atom. The number of aryl methyl sites for hydroxylation is 1. The van der Waals surface area contributed by atoms with Crippen LogP contribution in [0.4, 0.5) is 0 Å². The summed E-state index contributed by atoms with van der Waals surface area (Å²) in [4.78, 5) is 28.9. The van der Waals surface area contributed by atoms with E-state index in [0.717, 1.165) is 23.0 Å². The van der Waals surface area contributed by atoms with Crippen LogP contribution in [0.3, 0.4) is 0 Å². The maximum absolute atomic E-state index is 12.4. The lowest BCUT2D eigenvalue weighted by molar-refractivity contribution is 0.0691. The van der Waals surface area contributed by atoms with Gasteiger partial charge in [0.1, 0.15) is 5.75 Å². The predicted octanol–water partition coefficient (Wildman–Crippen LogP) is 4.65. The quantitative estimate of drug-likeness (QED) is 0.474. The third kappa shape index (κ3) is 4.42. The van der Waals surface area contributed by atoms with Crippen LogP contribution in [0.15, 0.2) is 29.1 Å². The molecule has 0 saturated heterocycles. The summed E-state index contributed by atoms with van der Waals surface area (Å²) in [5.74, 6) is -1.89. The van der Waals surface area contributed by atoms with Crippen LogP contribution in [-0.2, 0) is 20.0 Å². The zero-order valence-electron chi connectivity index (χ0n) is 19.6. The van der Waals surface area contributed by atoms with Gasteiger partial charge in [0.15, 0.2) is 5.56 Å². The van der Waals surface area contributed by atoms with Crippen LogP contribution in [0.5, 0.6) is 5.75 Å². The van der Waals surface area contributed by atoms with Gasteiger partial charge in [-0.15, -0.1) is 0 Å². The van der Waals surface area contributed by atoms with Crippen LogP contribution in [0, 0.1) is 0 Å². The van der Waals surface area contributed by atoms with E-state index in [-0.39, 0.29) is 0 Å². The van der Waals surface area contributed by atoms with Crippen LogP contribution < -0.4 is 5.56 Å². The van der Waals surface area contributed by atoms with Gasteiger partial charge in [-0.25, -0.2) is 4.79 Å². The number of hydrogen-bond acceptors (Lipinski definition) is 4. The van der Waals surface area contributed by atoms with Gasteiger partial charge in [0.05, 0.1) is 5.69 Å². The first-order valence-corrected chi connectivity index (χ1v) is 11.8. The van der Waals surface area contributed by atoms with Crippen molar-refractivity contribution in [2.45, 2.75) is 64.5 Å². The van der Waals surface area contributed by atoms with Crippen molar-refractivity contribution in [3.05, 3.63) is 51.4 Å². The van der Waals surface area contributed by atoms with Crippen molar-refractivity contribution in [2.75, 3.05) is 7.05 Å². The van der Waals surface area contributed by atoms with Crippen LogP contribution in [-0.4, -0.2) is 43.7 Å². The standard InChI is InChI=1S/C26H33N3O4/c1-4-20-23(27-25(31)22(24(20)30)26(32)33)16-11-12-21-17(13-16)14-19(29(21)3)15-28(2)18-9-7-5-6-8-10-18/h11-14,18H,4-10,15H2,1-3H3,(H,32,33)(H2,27,30,31). The Hall–Kier alpha value is -3.06. The lowest BCUT2D eigenvalue weighted by Crippen LogP contribution is -2.31. The second-order valence-corrected chi connectivity index (χ2v) is 9.22. The predicted molar refractivity (Wildman–Crippen MR) is 130 cm³/mol. The molecule has 0 spiro atoms. The molecule has 1 fully saturated rings. The molecule has 7 heteroatoms. The van der Waals surface area contributed by atoms with E-state index in [4.69, 9.17) is 0 Å². The van der Waals surface area contributed by atoms with Crippen LogP contribution >= 0.6 is 0 Å². The molecule has 0 atom stereocenters. The molecule has 1 aromatic carbocycles. The van der Waals surface area contributed by atoms with E-state index < -0.39 is 22.8 Å². The number of rotatable bonds is 6. The molecule has 0 amide bonds. The van der Waals surface area contributed by atoms with Crippen molar-refractivity contribution >= 4 is 16.9 Å². The molecule has 3 N–H and O–H groups in total. The summed E-state index contributed by atoms with van der Waals surface area (Å²) in [5.41, 5.74) is 2.55. The molecule has 0 radical (unpaired) electrons. The van der Waals surface area contributed by atoms with E-state index in [1.165, 1.54) is 44.2 Å². The van der Waals surface area contributed by atoms with E-state index in [1.807, 2.05) is 25.1 Å². The Balaban J connectivity index is 1.70. The van der Waals surface area contributed by atoms with Gasteiger partial charge in [0, 0.05) is 41.8 Å². The lowest BCUT2D eigenvalue weighted by atomic mass is 9.99. The van der Waals surface area contributed by atoms with Crippen LogP contribution in [0.25, 0.3) is 22.2 Å². The molecule has 176 valence electrons. The normalized spacial score (nSPS) is 15.3. The number of pyridine rings is 1. The number of aromatic nitrogens is 2. The number of carboxylic acid groups (broad SMARTS) is 1. The van der Waals surface area contributed by atoms with Gasteiger partial charge >= 0.3 is 5.97 Å². The summed E-state index contributed by atoms with van der Waals surface area (Å²) < 4.78 is 2.21. The van der Waals surface area contributed by atoms with Crippen LogP contribution in [0.2, 0.25) is 0 Å². The fraction of sp³-hybridized carbons (Fsp3) is 0.462. The van der Waals surface area contributed by atoms with Gasteiger partial charge in [-0.3, -0.25) is 9.69 Å². The first kappa shape index (κ1) is 23.1. The molecule has 1 aliphatic rings. The molecular weight excluding hydrogens is 418 g/mol. The summed E-state index contributed by atoms with van der Waals surface area (Å²) in [6.07, 6.45) is 8.19. The summed E-state index contributed by atoms with van der Waals surface area (Å²) in [5, 5.41) is 20.8. The molecule has 7 nitrogen and oxygen atoms in total. The van der Waals surface area contributed by atoms with Crippen molar-refractivity contribution in [3.8, 4) is 17.0 Å². The number of H-pyrrole nitrogens is 1. The number of aromatic carboxylic acids is 1. The summed E-state index contributed by atoms with van der Waals surface area (Å²) in [6, 6.07) is 8.72. The van der Waals surface area contributed by atoms with Gasteiger partial charge in [-0.1, -0.05) is 38.7 Å². The number of nitrogens with zero attached hydrogens (tertiary/aromatic N) is 2. The third-order valence-corrected chi connectivity index (χ3v) is 7.15. The smallest absolute Gasteiger partial charge is 0.345 e. The highest BCUT2D eigenvalue weighted by molar-refractivity contribution is 5.92. The summed E-state index contributed by atoms with van der Waals surface area (Å²) in [6.45, 7) is 2.70. The molecule has 33 heavy (non-hydrogen) atoms. The molecule has 4 rings (SSSR count). The Labute approximate surface area is 193 Å². The minimum Gasteiger partial charge on any atom is -0.506 e. The second-order valence-electron chi connectivity index (χ2n) is 9.22. The second kappa shape index (κ2) is 9.43.